The van der Waals surface area contributed by atoms with E-state index in [-0.39, 0.29) is 18.6 Å². The van der Waals surface area contributed by atoms with Gasteiger partial charge in [0.25, 0.3) is 0 Å². The van der Waals surface area contributed by atoms with E-state index in [9.17, 15) is 31.1 Å². The molecule has 0 unspecified atom stereocenters. The van der Waals surface area contributed by atoms with Crippen molar-refractivity contribution in [3.05, 3.63) is 41.0 Å². The van der Waals surface area contributed by atoms with Gasteiger partial charge >= 0.3 is 18.3 Å². The van der Waals surface area contributed by atoms with Crippen LogP contribution in [0.25, 0.3) is 0 Å². The van der Waals surface area contributed by atoms with Gasteiger partial charge in [-0.3, -0.25) is 0 Å². The minimum absolute atomic E-state index is 0.0487. The van der Waals surface area contributed by atoms with Crippen molar-refractivity contribution in [3.63, 3.8) is 0 Å². The van der Waals surface area contributed by atoms with Gasteiger partial charge < -0.3 is 10.5 Å². The zero-order chi connectivity index (χ0) is 18.3. The molecule has 24 heavy (non-hydrogen) atoms. The van der Waals surface area contributed by atoms with E-state index in [1.807, 2.05) is 0 Å². The monoisotopic (exact) mass is 353 g/mol. The lowest BCUT2D eigenvalue weighted by molar-refractivity contribution is -0.144. The molecule has 0 amide bonds. The first-order valence-electron chi connectivity index (χ1n) is 6.84. The highest BCUT2D eigenvalue weighted by Gasteiger charge is 2.41. The Morgan fingerprint density at radius 3 is 2.00 bits per heavy atom. The third-order valence-electron chi connectivity index (χ3n) is 3.80. The van der Waals surface area contributed by atoms with E-state index in [4.69, 9.17) is 5.73 Å². The van der Waals surface area contributed by atoms with Gasteiger partial charge in [0, 0.05) is 17.2 Å². The maximum atomic E-state index is 13.1. The number of halogens is 6. The lowest BCUT2D eigenvalue weighted by Gasteiger charge is -2.20. The van der Waals surface area contributed by atoms with E-state index in [1.165, 1.54) is 0 Å². The van der Waals surface area contributed by atoms with Gasteiger partial charge in [-0.15, -0.1) is 0 Å². The second-order valence-corrected chi connectivity index (χ2v) is 5.45. The standard InChI is InChI=1S/C15H13F6NO2/c1-7-8(6-24-13(7)23)2-3-10-11(14(16,17)18)4-9(22)5-12(10)15(19,20)21/h4-5,8H,1-3,6,22H2/t8-/m1/s1. The number of hydrogen-bond acceptors (Lipinski definition) is 3. The van der Waals surface area contributed by atoms with E-state index < -0.39 is 53.0 Å². The van der Waals surface area contributed by atoms with Crippen molar-refractivity contribution >= 4 is 11.7 Å². The van der Waals surface area contributed by atoms with Gasteiger partial charge in [0.15, 0.2) is 0 Å². The van der Waals surface area contributed by atoms with E-state index in [0.29, 0.717) is 12.1 Å². The number of cyclic esters (lactones) is 1. The molecule has 1 aliphatic rings. The van der Waals surface area contributed by atoms with Crippen molar-refractivity contribution in [3.8, 4) is 0 Å². The third-order valence-corrected chi connectivity index (χ3v) is 3.80. The minimum atomic E-state index is -4.98. The van der Waals surface area contributed by atoms with Gasteiger partial charge in [0.1, 0.15) is 0 Å². The normalized spacial score (nSPS) is 18.8. The van der Waals surface area contributed by atoms with Gasteiger partial charge in [-0.25, -0.2) is 4.79 Å². The summed E-state index contributed by atoms with van der Waals surface area (Å²) in [6.45, 7) is 3.34. The largest absolute Gasteiger partial charge is 0.462 e. The fourth-order valence-electron chi connectivity index (χ4n) is 2.58. The predicted molar refractivity (Wildman–Crippen MR) is 72.8 cm³/mol. The van der Waals surface area contributed by atoms with Crippen LogP contribution in [-0.2, 0) is 28.3 Å². The summed E-state index contributed by atoms with van der Waals surface area (Å²) in [7, 11) is 0. The van der Waals surface area contributed by atoms with Gasteiger partial charge in [0.05, 0.1) is 17.7 Å². The van der Waals surface area contributed by atoms with Crippen LogP contribution in [0.15, 0.2) is 24.3 Å². The third kappa shape index (κ3) is 3.65. The molecule has 0 aromatic heterocycles. The zero-order valence-corrected chi connectivity index (χ0v) is 12.2. The van der Waals surface area contributed by atoms with Gasteiger partial charge in [-0.2, -0.15) is 26.3 Å². The number of rotatable bonds is 3. The number of nitrogens with two attached hydrogens (primary N) is 1. The maximum absolute atomic E-state index is 13.1. The first-order chi connectivity index (χ1) is 10.9. The van der Waals surface area contributed by atoms with E-state index in [0.717, 1.165) is 0 Å². The molecule has 1 saturated heterocycles. The smallest absolute Gasteiger partial charge is 0.416 e. The molecule has 2 N–H and O–H groups in total. The first kappa shape index (κ1) is 18.2. The van der Waals surface area contributed by atoms with E-state index in [1.54, 1.807) is 0 Å². The van der Waals surface area contributed by atoms with Crippen LogP contribution >= 0.6 is 0 Å². The Morgan fingerprint density at radius 1 is 1.12 bits per heavy atom. The lowest BCUT2D eigenvalue weighted by atomic mass is 9.90. The van der Waals surface area contributed by atoms with Gasteiger partial charge in [-0.1, -0.05) is 6.58 Å². The average Bonchev–Trinajstić information content (AvgIpc) is 2.75. The molecule has 0 radical (unpaired) electrons. The van der Waals surface area contributed by atoms with Crippen molar-refractivity contribution < 1.29 is 35.9 Å². The molecule has 3 nitrogen and oxygen atoms in total. The van der Waals surface area contributed by atoms with Crippen molar-refractivity contribution in [2.24, 2.45) is 5.92 Å². The Kier molecular flexibility index (Phi) is 4.56. The maximum Gasteiger partial charge on any atom is 0.416 e. The second kappa shape index (κ2) is 6.03. The predicted octanol–water partition coefficient (Wildman–Crippen LogP) is 3.97. The van der Waals surface area contributed by atoms with Gasteiger partial charge in [-0.05, 0) is 30.5 Å². The SMILES string of the molecule is C=C1C(=O)OC[C@H]1CCc1c(C(F)(F)F)cc(N)cc1C(F)(F)F. The molecule has 0 spiro atoms. The quantitative estimate of drug-likeness (QED) is 0.387. The number of esters is 1. The van der Waals surface area contributed by atoms with E-state index >= 15 is 0 Å². The van der Waals surface area contributed by atoms with Crippen LogP contribution in [0.1, 0.15) is 23.1 Å². The number of anilines is 1. The Morgan fingerprint density at radius 2 is 1.62 bits per heavy atom. The van der Waals surface area contributed by atoms with Crippen LogP contribution in [0.4, 0.5) is 32.0 Å². The van der Waals surface area contributed by atoms with Crippen LogP contribution in [0.3, 0.4) is 0 Å². The number of hydrogen-bond donors (Lipinski definition) is 1. The Labute approximate surface area is 133 Å². The highest BCUT2D eigenvalue weighted by atomic mass is 19.4. The molecule has 0 aliphatic carbocycles. The van der Waals surface area contributed by atoms with Gasteiger partial charge in [0.2, 0.25) is 0 Å². The number of ether oxygens (including phenoxy) is 1. The summed E-state index contributed by atoms with van der Waals surface area (Å²) >= 11 is 0. The summed E-state index contributed by atoms with van der Waals surface area (Å²) < 4.78 is 83.4. The van der Waals surface area contributed by atoms with Crippen molar-refractivity contribution in [2.75, 3.05) is 12.3 Å². The molecule has 1 aliphatic heterocycles. The summed E-state index contributed by atoms with van der Waals surface area (Å²) in [5.74, 6) is -1.30. The molecule has 1 atom stereocenters. The lowest BCUT2D eigenvalue weighted by Crippen LogP contribution is -2.18. The highest BCUT2D eigenvalue weighted by molar-refractivity contribution is 5.90. The minimum Gasteiger partial charge on any atom is -0.462 e. The molecule has 2 rings (SSSR count). The average molecular weight is 353 g/mol. The van der Waals surface area contributed by atoms with Crippen molar-refractivity contribution in [1.29, 1.82) is 0 Å². The fourth-order valence-corrected chi connectivity index (χ4v) is 2.58. The molecule has 132 valence electrons. The molecule has 1 aromatic rings. The topological polar surface area (TPSA) is 52.3 Å². The molecule has 9 heteroatoms. The van der Waals surface area contributed by atoms with Crippen molar-refractivity contribution in [2.45, 2.75) is 25.2 Å². The van der Waals surface area contributed by atoms with Crippen LogP contribution < -0.4 is 5.73 Å². The van der Waals surface area contributed by atoms with Crippen LogP contribution in [0.2, 0.25) is 0 Å². The Hall–Kier alpha value is -2.19. The second-order valence-electron chi connectivity index (χ2n) is 5.45. The Balaban J connectivity index is 2.42. The summed E-state index contributed by atoms with van der Waals surface area (Å²) in [5, 5.41) is 0. The molecular formula is C15H13F6NO2. The molecular weight excluding hydrogens is 340 g/mol. The molecule has 1 fully saturated rings. The number of benzene rings is 1. The molecule has 1 aromatic carbocycles. The Bertz CT molecular complexity index is 643. The number of alkyl halides is 6. The highest BCUT2D eigenvalue weighted by Crippen LogP contribution is 2.42. The number of carbonyl (C=O) groups excluding carboxylic acids is 1. The zero-order valence-electron chi connectivity index (χ0n) is 12.2. The van der Waals surface area contributed by atoms with Crippen LogP contribution in [0, 0.1) is 5.92 Å². The summed E-state index contributed by atoms with van der Waals surface area (Å²) in [6.07, 6.45) is -10.6. The van der Waals surface area contributed by atoms with Crippen LogP contribution in [-0.4, -0.2) is 12.6 Å². The van der Waals surface area contributed by atoms with Crippen LogP contribution in [0.5, 0.6) is 0 Å². The molecule has 0 saturated carbocycles. The fraction of sp³-hybridized carbons (Fsp3) is 0.400. The van der Waals surface area contributed by atoms with Crippen molar-refractivity contribution in [1.82, 2.24) is 0 Å². The summed E-state index contributed by atoms with van der Waals surface area (Å²) in [4.78, 5) is 11.2. The first-order valence-corrected chi connectivity index (χ1v) is 6.84. The number of carbonyl (C=O) groups is 1. The summed E-state index contributed by atoms with van der Waals surface area (Å²) in [6, 6.07) is 0.964. The summed E-state index contributed by atoms with van der Waals surface area (Å²) in [5.41, 5.74) is 0.884. The number of nitrogen functional groups attached to an aromatic ring is 1. The van der Waals surface area contributed by atoms with E-state index in [2.05, 4.69) is 11.3 Å². The molecule has 1 heterocycles. The molecule has 0 bridgehead atoms.